The van der Waals surface area contributed by atoms with Gasteiger partial charge in [-0.2, -0.15) is 0 Å². The standard InChI is InChI=1S/C9H15NO2S3/c1-15(12)8-7-14-9(13)10-5-3-2-4-6-11/h2-4,6,11H,5,7-8H2,1H3,(H,10,13)/b3-2+,6-4-. The van der Waals surface area contributed by atoms with Gasteiger partial charge in [0.2, 0.25) is 0 Å². The van der Waals surface area contributed by atoms with E-state index in [2.05, 4.69) is 5.32 Å². The first-order valence-corrected chi connectivity index (χ1v) is 7.45. The molecule has 3 nitrogen and oxygen atoms in total. The maximum absolute atomic E-state index is 10.7. The van der Waals surface area contributed by atoms with Crippen LogP contribution < -0.4 is 5.32 Å². The maximum Gasteiger partial charge on any atom is 0.134 e. The van der Waals surface area contributed by atoms with Crippen LogP contribution in [0.1, 0.15) is 0 Å². The number of aliphatic hydroxyl groups is 1. The van der Waals surface area contributed by atoms with E-state index in [0.29, 0.717) is 16.6 Å². The summed E-state index contributed by atoms with van der Waals surface area (Å²) in [6, 6.07) is 0. The number of thioether (sulfide) groups is 1. The lowest BCUT2D eigenvalue weighted by Gasteiger charge is -2.06. The quantitative estimate of drug-likeness (QED) is 0.331. The van der Waals surface area contributed by atoms with Gasteiger partial charge in [0.1, 0.15) is 10.1 Å². The van der Waals surface area contributed by atoms with Crippen LogP contribution in [-0.4, -0.2) is 38.3 Å². The third-order valence-electron chi connectivity index (χ3n) is 1.30. The molecule has 0 radical (unpaired) electrons. The molecule has 0 fully saturated rings. The van der Waals surface area contributed by atoms with E-state index in [4.69, 9.17) is 17.3 Å². The minimum Gasteiger partial charge on any atom is -0.617 e. The van der Waals surface area contributed by atoms with Crippen LogP contribution >= 0.6 is 24.0 Å². The second kappa shape index (κ2) is 10.4. The molecule has 0 heterocycles. The fraction of sp³-hybridized carbons (Fsp3) is 0.444. The fourth-order valence-corrected chi connectivity index (χ4v) is 2.62. The monoisotopic (exact) mass is 265 g/mol. The fourth-order valence-electron chi connectivity index (χ4n) is 0.641. The van der Waals surface area contributed by atoms with Gasteiger partial charge >= 0.3 is 0 Å². The van der Waals surface area contributed by atoms with Gasteiger partial charge in [-0.1, -0.05) is 47.3 Å². The first-order chi connectivity index (χ1) is 7.16. The summed E-state index contributed by atoms with van der Waals surface area (Å²) in [6.07, 6.45) is 7.75. The van der Waals surface area contributed by atoms with Gasteiger partial charge in [0.05, 0.1) is 12.5 Å². The molecule has 0 aromatic heterocycles. The lowest BCUT2D eigenvalue weighted by Crippen LogP contribution is -2.19. The molecule has 0 aliphatic carbocycles. The summed E-state index contributed by atoms with van der Waals surface area (Å²) < 4.78 is 11.5. The third-order valence-corrected chi connectivity index (χ3v) is 3.65. The average Bonchev–Trinajstić information content (AvgIpc) is 2.17. The van der Waals surface area contributed by atoms with Crippen molar-refractivity contribution in [2.45, 2.75) is 0 Å². The normalized spacial score (nSPS) is 13.5. The van der Waals surface area contributed by atoms with E-state index < -0.39 is 11.2 Å². The SMILES string of the molecule is C[S+]([O-])CCSC(=S)NC/C=C/C=C\O. The number of hydrogen-bond donors (Lipinski definition) is 2. The van der Waals surface area contributed by atoms with Gasteiger partial charge in [-0.05, 0) is 6.08 Å². The van der Waals surface area contributed by atoms with Crippen molar-refractivity contribution in [2.24, 2.45) is 0 Å². The molecule has 0 aromatic rings. The molecular weight excluding hydrogens is 250 g/mol. The Morgan fingerprint density at radius 1 is 1.60 bits per heavy atom. The Balaban J connectivity index is 3.41. The van der Waals surface area contributed by atoms with E-state index in [1.165, 1.54) is 17.8 Å². The average molecular weight is 265 g/mol. The lowest BCUT2D eigenvalue weighted by molar-refractivity contribution is 0.473. The van der Waals surface area contributed by atoms with Crippen LogP contribution in [0.3, 0.4) is 0 Å². The zero-order chi connectivity index (χ0) is 11.5. The van der Waals surface area contributed by atoms with Crippen LogP contribution in [0.15, 0.2) is 24.5 Å². The molecule has 0 rings (SSSR count). The molecule has 86 valence electrons. The largest absolute Gasteiger partial charge is 0.617 e. The molecule has 1 atom stereocenters. The van der Waals surface area contributed by atoms with Gasteiger partial charge in [-0.3, -0.25) is 0 Å². The number of nitrogens with one attached hydrogen (secondary N) is 1. The summed E-state index contributed by atoms with van der Waals surface area (Å²) in [7, 11) is 0. The minimum absolute atomic E-state index is 0.630. The van der Waals surface area contributed by atoms with Crippen LogP contribution in [-0.2, 0) is 11.2 Å². The van der Waals surface area contributed by atoms with Gasteiger partial charge in [-0.15, -0.1) is 0 Å². The molecule has 0 aromatic carbocycles. The summed E-state index contributed by atoms with van der Waals surface area (Å²) in [5, 5.41) is 11.3. The molecule has 0 aliphatic heterocycles. The Morgan fingerprint density at radius 2 is 2.33 bits per heavy atom. The second-order valence-corrected chi connectivity index (χ2v) is 5.89. The zero-order valence-electron chi connectivity index (χ0n) is 8.51. The Kier molecular flexibility index (Phi) is 10.2. The molecule has 0 aliphatic rings. The van der Waals surface area contributed by atoms with Gasteiger partial charge < -0.3 is 15.0 Å². The smallest absolute Gasteiger partial charge is 0.134 e. The Hall–Kier alpha value is -0.170. The van der Waals surface area contributed by atoms with Crippen molar-refractivity contribution in [3.8, 4) is 0 Å². The van der Waals surface area contributed by atoms with Crippen molar-refractivity contribution in [1.82, 2.24) is 5.32 Å². The van der Waals surface area contributed by atoms with Crippen molar-refractivity contribution < 1.29 is 9.66 Å². The van der Waals surface area contributed by atoms with Crippen LogP contribution in [0.5, 0.6) is 0 Å². The van der Waals surface area contributed by atoms with E-state index in [1.807, 2.05) is 6.08 Å². The van der Waals surface area contributed by atoms with Crippen molar-refractivity contribution in [2.75, 3.05) is 24.3 Å². The highest BCUT2D eigenvalue weighted by Gasteiger charge is 1.99. The summed E-state index contributed by atoms with van der Waals surface area (Å²) in [6.45, 7) is 0.630. The van der Waals surface area contributed by atoms with Gasteiger partial charge in [-0.25, -0.2) is 0 Å². The highest BCUT2D eigenvalue weighted by molar-refractivity contribution is 8.23. The van der Waals surface area contributed by atoms with E-state index >= 15 is 0 Å². The topological polar surface area (TPSA) is 55.3 Å². The van der Waals surface area contributed by atoms with Gasteiger partial charge in [0.15, 0.2) is 0 Å². The zero-order valence-corrected chi connectivity index (χ0v) is 11.0. The van der Waals surface area contributed by atoms with Crippen molar-refractivity contribution in [3.05, 3.63) is 24.5 Å². The first-order valence-electron chi connectivity index (χ1n) is 4.33. The van der Waals surface area contributed by atoms with Crippen LogP contribution in [0.4, 0.5) is 0 Å². The van der Waals surface area contributed by atoms with E-state index in [1.54, 1.807) is 12.3 Å². The van der Waals surface area contributed by atoms with Crippen molar-refractivity contribution in [3.63, 3.8) is 0 Å². The summed E-state index contributed by atoms with van der Waals surface area (Å²) >= 11 is 5.78. The Labute approximate surface area is 103 Å². The summed E-state index contributed by atoms with van der Waals surface area (Å²) in [5.74, 6) is 1.44. The van der Waals surface area contributed by atoms with Crippen molar-refractivity contribution >= 4 is 39.5 Å². The number of aliphatic hydroxyl groups excluding tert-OH is 1. The number of allylic oxidation sites excluding steroid dienone is 2. The van der Waals surface area contributed by atoms with Gasteiger partial charge in [0.25, 0.3) is 0 Å². The molecule has 15 heavy (non-hydrogen) atoms. The number of thiocarbonyl (C=S) groups is 1. The minimum atomic E-state index is -0.751. The molecular formula is C9H15NO2S3. The molecule has 0 amide bonds. The third kappa shape index (κ3) is 11.8. The maximum atomic E-state index is 10.7. The molecule has 6 heteroatoms. The molecule has 1 unspecified atom stereocenters. The second-order valence-electron chi connectivity index (χ2n) is 2.56. The van der Waals surface area contributed by atoms with Crippen LogP contribution in [0, 0.1) is 0 Å². The summed E-state index contributed by atoms with van der Waals surface area (Å²) in [5.41, 5.74) is 0. The molecule has 2 N–H and O–H groups in total. The Bertz CT molecular complexity index is 229. The van der Waals surface area contributed by atoms with E-state index in [-0.39, 0.29) is 0 Å². The molecule has 0 bridgehead atoms. The molecule has 0 saturated carbocycles. The van der Waals surface area contributed by atoms with E-state index in [9.17, 15) is 4.55 Å². The predicted molar refractivity (Wildman–Crippen MR) is 72.9 cm³/mol. The molecule has 0 saturated heterocycles. The summed E-state index contributed by atoms with van der Waals surface area (Å²) in [4.78, 5) is 0. The first kappa shape index (κ1) is 14.8. The van der Waals surface area contributed by atoms with Crippen LogP contribution in [0.25, 0.3) is 0 Å². The Morgan fingerprint density at radius 3 is 2.93 bits per heavy atom. The van der Waals surface area contributed by atoms with E-state index in [0.717, 1.165) is 12.0 Å². The van der Waals surface area contributed by atoms with Crippen molar-refractivity contribution in [1.29, 1.82) is 0 Å². The van der Waals surface area contributed by atoms with Gasteiger partial charge in [0, 0.05) is 12.3 Å². The highest BCUT2D eigenvalue weighted by Crippen LogP contribution is 2.02. The highest BCUT2D eigenvalue weighted by atomic mass is 32.2. The van der Waals surface area contributed by atoms with Crippen LogP contribution in [0.2, 0.25) is 0 Å². The lowest BCUT2D eigenvalue weighted by atomic mass is 10.5. The number of hydrogen-bond acceptors (Lipinski definition) is 4. The predicted octanol–water partition coefficient (Wildman–Crippen LogP) is 1.60. The molecule has 0 spiro atoms. The number of rotatable bonds is 6.